The van der Waals surface area contributed by atoms with Crippen LogP contribution in [-0.2, 0) is 14.0 Å². The molecule has 0 unspecified atom stereocenters. The first-order valence-corrected chi connectivity index (χ1v) is 4.91. The van der Waals surface area contributed by atoms with Gasteiger partial charge < -0.3 is 24.2 Å². The Hall–Kier alpha value is -0.135. The molecule has 6 heteroatoms. The predicted octanol–water partition coefficient (Wildman–Crippen LogP) is -0.194. The van der Waals surface area contributed by atoms with Crippen LogP contribution in [0.3, 0.4) is 0 Å². The van der Waals surface area contributed by atoms with E-state index in [1.165, 1.54) is 0 Å². The van der Waals surface area contributed by atoms with Crippen molar-refractivity contribution in [1.29, 1.82) is 0 Å². The normalized spacial score (nSPS) is 10.5. The number of hydrogen-bond donors (Lipinski definition) is 2. The van der Waals surface area contributed by atoms with Crippen LogP contribution in [0.25, 0.3) is 0 Å². The fourth-order valence-corrected chi connectivity index (χ4v) is 0.751. The van der Waals surface area contributed by atoms with Crippen LogP contribution >= 0.6 is 0 Å². The lowest BCUT2D eigenvalue weighted by Gasteiger charge is -2.08. The van der Waals surface area contributed by atoms with E-state index in [-0.39, 0.29) is 19.8 Å². The largest absolute Gasteiger partial charge is 0.636 e. The minimum absolute atomic E-state index is 0.00441. The number of hydrogen-bond acceptors (Lipinski definition) is 5. The maximum atomic E-state index is 9.08. The van der Waals surface area contributed by atoms with Crippen LogP contribution in [0, 0.1) is 0 Å². The van der Waals surface area contributed by atoms with Crippen LogP contribution in [0.4, 0.5) is 0 Å². The van der Waals surface area contributed by atoms with Crippen LogP contribution in [0.2, 0.25) is 0 Å². The predicted molar refractivity (Wildman–Crippen MR) is 52.7 cm³/mol. The number of aliphatic hydroxyl groups excluding tert-OH is 1. The van der Waals surface area contributed by atoms with Gasteiger partial charge in [-0.15, -0.1) is 0 Å². The molecule has 0 aliphatic heterocycles. The molecule has 0 saturated carbocycles. The maximum absolute atomic E-state index is 9.08. The minimum atomic E-state index is -1.17. The van der Waals surface area contributed by atoms with E-state index >= 15 is 0 Å². The van der Waals surface area contributed by atoms with E-state index in [2.05, 4.69) is 0 Å². The summed E-state index contributed by atoms with van der Waals surface area (Å²) in [7, 11) is -1.17. The molecule has 0 aliphatic rings. The summed E-state index contributed by atoms with van der Waals surface area (Å²) in [6.45, 7) is 3.42. The molecular weight excluding hydrogens is 187 g/mol. The van der Waals surface area contributed by atoms with Gasteiger partial charge in [-0.05, 0) is 6.42 Å². The zero-order valence-corrected chi connectivity index (χ0v) is 8.65. The van der Waals surface area contributed by atoms with Crippen molar-refractivity contribution in [2.75, 3.05) is 33.0 Å². The minimum Gasteiger partial charge on any atom is -0.402 e. The highest BCUT2D eigenvalue weighted by Crippen LogP contribution is 1.91. The molecule has 0 aliphatic carbocycles. The number of ether oxygens (including phenoxy) is 1. The Morgan fingerprint density at radius 3 is 2.43 bits per heavy atom. The second-order valence-electron chi connectivity index (χ2n) is 2.74. The highest BCUT2D eigenvalue weighted by atomic mass is 16.7. The average molecular weight is 206 g/mol. The Balaban J connectivity index is 3.06. The third-order valence-electron chi connectivity index (χ3n) is 1.48. The molecule has 0 atom stereocenters. The Morgan fingerprint density at radius 2 is 1.79 bits per heavy atom. The van der Waals surface area contributed by atoms with Gasteiger partial charge in [-0.3, -0.25) is 0 Å². The maximum Gasteiger partial charge on any atom is 0.636 e. The molecule has 0 aromatic carbocycles. The molecule has 0 fully saturated rings. The number of rotatable bonds is 10. The molecule has 0 bridgehead atoms. The van der Waals surface area contributed by atoms with E-state index < -0.39 is 7.32 Å². The van der Waals surface area contributed by atoms with Gasteiger partial charge in [-0.1, -0.05) is 13.3 Å². The van der Waals surface area contributed by atoms with Crippen LogP contribution < -0.4 is 0 Å². The van der Waals surface area contributed by atoms with Crippen molar-refractivity contribution in [3.05, 3.63) is 0 Å². The SMILES string of the molecule is CCCCOB(O)OCCOCCO. The second-order valence-corrected chi connectivity index (χ2v) is 2.74. The molecule has 0 radical (unpaired) electrons. The molecule has 0 aromatic heterocycles. The van der Waals surface area contributed by atoms with E-state index in [1.54, 1.807) is 0 Å². The van der Waals surface area contributed by atoms with Gasteiger partial charge in [-0.2, -0.15) is 0 Å². The van der Waals surface area contributed by atoms with Crippen LogP contribution in [0.1, 0.15) is 19.8 Å². The lowest BCUT2D eigenvalue weighted by atomic mass is 10.2. The van der Waals surface area contributed by atoms with E-state index in [1.807, 2.05) is 6.92 Å². The van der Waals surface area contributed by atoms with Crippen molar-refractivity contribution in [1.82, 2.24) is 0 Å². The van der Waals surface area contributed by atoms with E-state index in [0.29, 0.717) is 13.2 Å². The summed E-state index contributed by atoms with van der Waals surface area (Å²) < 4.78 is 14.7. The molecule has 0 spiro atoms. The van der Waals surface area contributed by atoms with Crippen molar-refractivity contribution in [3.8, 4) is 0 Å². The van der Waals surface area contributed by atoms with Gasteiger partial charge in [0.2, 0.25) is 0 Å². The van der Waals surface area contributed by atoms with Gasteiger partial charge >= 0.3 is 7.32 Å². The Labute approximate surface area is 85.2 Å². The van der Waals surface area contributed by atoms with Crippen molar-refractivity contribution < 1.29 is 24.2 Å². The summed E-state index contributed by atoms with van der Waals surface area (Å²) in [5, 5.41) is 17.5. The molecular formula is C8H19BO5. The monoisotopic (exact) mass is 206 g/mol. The first-order valence-electron chi connectivity index (χ1n) is 4.91. The summed E-state index contributed by atoms with van der Waals surface area (Å²) in [5.74, 6) is 0. The lowest BCUT2D eigenvalue weighted by molar-refractivity contribution is 0.0499. The van der Waals surface area contributed by atoms with Gasteiger partial charge in [0.1, 0.15) is 0 Å². The smallest absolute Gasteiger partial charge is 0.402 e. The summed E-state index contributed by atoms with van der Waals surface area (Å²) in [4.78, 5) is 0. The fraction of sp³-hybridized carbons (Fsp3) is 1.00. The van der Waals surface area contributed by atoms with Crippen LogP contribution in [-0.4, -0.2) is 50.5 Å². The average Bonchev–Trinajstić information content (AvgIpc) is 2.18. The summed E-state index contributed by atoms with van der Waals surface area (Å²) >= 11 is 0. The molecule has 2 N–H and O–H groups in total. The standard InChI is InChI=1S/C8H19BO5/c1-2-3-5-13-9(11)14-8-7-12-6-4-10/h10-11H,2-8H2,1H3. The zero-order valence-electron chi connectivity index (χ0n) is 8.65. The highest BCUT2D eigenvalue weighted by Gasteiger charge is 2.14. The topological polar surface area (TPSA) is 68.2 Å². The summed E-state index contributed by atoms with van der Waals surface area (Å²) in [6.07, 6.45) is 1.92. The molecule has 0 rings (SSSR count). The zero-order chi connectivity index (χ0) is 10.6. The van der Waals surface area contributed by atoms with Crippen LogP contribution in [0.5, 0.6) is 0 Å². The molecule has 84 valence electrons. The highest BCUT2D eigenvalue weighted by molar-refractivity contribution is 6.34. The fourth-order valence-electron chi connectivity index (χ4n) is 0.751. The van der Waals surface area contributed by atoms with Crippen molar-refractivity contribution in [3.63, 3.8) is 0 Å². The first kappa shape index (κ1) is 13.9. The molecule has 0 aromatic rings. The second kappa shape index (κ2) is 10.9. The lowest BCUT2D eigenvalue weighted by Crippen LogP contribution is -2.25. The Kier molecular flexibility index (Phi) is 10.8. The molecule has 0 amide bonds. The van der Waals surface area contributed by atoms with Gasteiger partial charge in [0.05, 0.1) is 26.4 Å². The van der Waals surface area contributed by atoms with Gasteiger partial charge in [0.15, 0.2) is 0 Å². The van der Waals surface area contributed by atoms with Crippen LogP contribution in [0.15, 0.2) is 0 Å². The van der Waals surface area contributed by atoms with Gasteiger partial charge in [-0.25, -0.2) is 0 Å². The van der Waals surface area contributed by atoms with Crippen molar-refractivity contribution in [2.24, 2.45) is 0 Å². The van der Waals surface area contributed by atoms with Gasteiger partial charge in [0.25, 0.3) is 0 Å². The molecule has 14 heavy (non-hydrogen) atoms. The third-order valence-corrected chi connectivity index (χ3v) is 1.48. The van der Waals surface area contributed by atoms with Crippen molar-refractivity contribution >= 4 is 7.32 Å². The molecule has 0 saturated heterocycles. The van der Waals surface area contributed by atoms with E-state index in [4.69, 9.17) is 24.2 Å². The van der Waals surface area contributed by atoms with Crippen molar-refractivity contribution in [2.45, 2.75) is 19.8 Å². The first-order chi connectivity index (χ1) is 6.81. The number of unbranched alkanes of at least 4 members (excludes halogenated alkanes) is 1. The summed E-state index contributed by atoms with van der Waals surface area (Å²) in [5.41, 5.74) is 0. The Bertz CT molecular complexity index is 114. The third kappa shape index (κ3) is 9.95. The van der Waals surface area contributed by atoms with E-state index in [0.717, 1.165) is 12.8 Å². The molecule has 0 heterocycles. The summed E-state index contributed by atoms with van der Waals surface area (Å²) in [6, 6.07) is 0. The molecule has 5 nitrogen and oxygen atoms in total. The quantitative estimate of drug-likeness (QED) is 0.383. The van der Waals surface area contributed by atoms with E-state index in [9.17, 15) is 0 Å². The van der Waals surface area contributed by atoms with Gasteiger partial charge in [0, 0.05) is 6.61 Å². The Morgan fingerprint density at radius 1 is 1.07 bits per heavy atom. The number of aliphatic hydroxyl groups is 1.